The smallest absolute Gasteiger partial charge is 0.475 e. The highest BCUT2D eigenvalue weighted by Gasteiger charge is 2.45. The monoisotopic (exact) mass is 468 g/mol. The lowest BCUT2D eigenvalue weighted by Gasteiger charge is -2.38. The van der Waals surface area contributed by atoms with Crippen LogP contribution < -0.4 is 4.72 Å². The normalized spacial score (nSPS) is 27.2. The molecular formula is C18H27F3N4O5S. The molecule has 13 heteroatoms. The average Bonchev–Trinajstić information content (AvgIpc) is 3.35. The van der Waals surface area contributed by atoms with Crippen molar-refractivity contribution in [1.29, 1.82) is 0 Å². The Hall–Kier alpha value is -1.70. The SMILES string of the molecule is Cn1cc(CN2CC[C@@]3(C[C@@H](NS(=O)(=O)C4CC4)CCO3)C2)cn1.O=C(O)C(F)(F)F. The minimum Gasteiger partial charge on any atom is -0.475 e. The van der Waals surface area contributed by atoms with E-state index in [4.69, 9.17) is 14.6 Å². The Labute approximate surface area is 178 Å². The quantitative estimate of drug-likeness (QED) is 0.669. The third-order valence-electron chi connectivity index (χ3n) is 5.59. The van der Waals surface area contributed by atoms with E-state index in [9.17, 15) is 21.6 Å². The van der Waals surface area contributed by atoms with Crippen LogP contribution in [-0.4, -0.2) is 76.9 Å². The number of aliphatic carboxylic acids is 1. The zero-order valence-corrected chi connectivity index (χ0v) is 18.0. The first-order chi connectivity index (χ1) is 14.4. The number of nitrogens with one attached hydrogen (secondary N) is 1. The van der Waals surface area contributed by atoms with Crippen LogP contribution >= 0.6 is 0 Å². The molecule has 1 aromatic rings. The van der Waals surface area contributed by atoms with Gasteiger partial charge in [0.15, 0.2) is 0 Å². The molecule has 2 N–H and O–H groups in total. The summed E-state index contributed by atoms with van der Waals surface area (Å²) in [7, 11) is -1.20. The molecule has 2 atom stereocenters. The Morgan fingerprint density at radius 3 is 2.61 bits per heavy atom. The molecule has 1 aliphatic carbocycles. The van der Waals surface area contributed by atoms with Crippen molar-refractivity contribution in [3.8, 4) is 0 Å². The van der Waals surface area contributed by atoms with Crippen LogP contribution in [0.2, 0.25) is 0 Å². The van der Waals surface area contributed by atoms with E-state index < -0.39 is 22.2 Å². The molecule has 3 heterocycles. The molecule has 2 aliphatic heterocycles. The Balaban J connectivity index is 0.000000339. The fraction of sp³-hybridized carbons (Fsp3) is 0.778. The van der Waals surface area contributed by atoms with E-state index in [0.717, 1.165) is 51.7 Å². The highest BCUT2D eigenvalue weighted by molar-refractivity contribution is 7.90. The number of sulfonamides is 1. The number of likely N-dealkylation sites (tertiary alicyclic amines) is 1. The van der Waals surface area contributed by atoms with Gasteiger partial charge < -0.3 is 9.84 Å². The number of aryl methyl sites for hydroxylation is 1. The summed E-state index contributed by atoms with van der Waals surface area (Å²) in [6.45, 7) is 3.36. The Morgan fingerprint density at radius 1 is 1.39 bits per heavy atom. The highest BCUT2D eigenvalue weighted by Crippen LogP contribution is 2.36. The molecule has 2 saturated heterocycles. The van der Waals surface area contributed by atoms with Crippen molar-refractivity contribution in [2.75, 3.05) is 19.7 Å². The van der Waals surface area contributed by atoms with Gasteiger partial charge in [-0.05, 0) is 32.1 Å². The summed E-state index contributed by atoms with van der Waals surface area (Å²) in [6.07, 6.45) is 3.00. The molecule has 0 aromatic carbocycles. The molecule has 0 bridgehead atoms. The van der Waals surface area contributed by atoms with Crippen LogP contribution in [0, 0.1) is 0 Å². The molecule has 3 fully saturated rings. The molecule has 176 valence electrons. The molecule has 4 rings (SSSR count). The van der Waals surface area contributed by atoms with Gasteiger partial charge in [-0.2, -0.15) is 18.3 Å². The second-order valence-electron chi connectivity index (χ2n) is 8.37. The van der Waals surface area contributed by atoms with Gasteiger partial charge in [0.2, 0.25) is 10.0 Å². The lowest BCUT2D eigenvalue weighted by Crippen LogP contribution is -2.50. The van der Waals surface area contributed by atoms with Crippen molar-refractivity contribution >= 4 is 16.0 Å². The van der Waals surface area contributed by atoms with Crippen molar-refractivity contribution in [3.05, 3.63) is 18.0 Å². The zero-order valence-electron chi connectivity index (χ0n) is 17.1. The van der Waals surface area contributed by atoms with Crippen LogP contribution in [0.5, 0.6) is 0 Å². The first-order valence-corrected chi connectivity index (χ1v) is 11.6. The second-order valence-corrected chi connectivity index (χ2v) is 10.4. The first-order valence-electron chi connectivity index (χ1n) is 10.0. The Kier molecular flexibility index (Phi) is 6.99. The molecule has 9 nitrogen and oxygen atoms in total. The fourth-order valence-corrected chi connectivity index (χ4v) is 5.61. The van der Waals surface area contributed by atoms with Gasteiger partial charge in [-0.1, -0.05) is 0 Å². The fourth-order valence-electron chi connectivity index (χ4n) is 3.99. The van der Waals surface area contributed by atoms with Crippen LogP contribution in [0.3, 0.4) is 0 Å². The van der Waals surface area contributed by atoms with Crippen LogP contribution in [0.1, 0.15) is 37.7 Å². The number of carboxylic acids is 1. The largest absolute Gasteiger partial charge is 0.490 e. The summed E-state index contributed by atoms with van der Waals surface area (Å²) >= 11 is 0. The summed E-state index contributed by atoms with van der Waals surface area (Å²) in [5, 5.41) is 11.2. The van der Waals surface area contributed by atoms with E-state index >= 15 is 0 Å². The minimum absolute atomic E-state index is 0.0164. The Bertz CT molecular complexity index is 887. The molecule has 1 saturated carbocycles. The topological polar surface area (TPSA) is 114 Å². The molecule has 0 amide bonds. The third-order valence-corrected chi connectivity index (χ3v) is 7.60. The molecule has 31 heavy (non-hydrogen) atoms. The number of aromatic nitrogens is 2. The lowest BCUT2D eigenvalue weighted by atomic mass is 9.90. The van der Waals surface area contributed by atoms with E-state index in [0.29, 0.717) is 6.61 Å². The van der Waals surface area contributed by atoms with Gasteiger partial charge in [-0.15, -0.1) is 0 Å². The maximum Gasteiger partial charge on any atom is 0.490 e. The number of ether oxygens (including phenoxy) is 1. The van der Waals surface area contributed by atoms with Gasteiger partial charge in [0, 0.05) is 51.1 Å². The van der Waals surface area contributed by atoms with Crippen LogP contribution in [0.4, 0.5) is 13.2 Å². The van der Waals surface area contributed by atoms with Gasteiger partial charge in [-0.25, -0.2) is 17.9 Å². The third kappa shape index (κ3) is 6.64. The summed E-state index contributed by atoms with van der Waals surface area (Å²) < 4.78 is 67.0. The van der Waals surface area contributed by atoms with E-state index in [-0.39, 0.29) is 16.9 Å². The minimum atomic E-state index is -5.08. The molecule has 1 aromatic heterocycles. The molecule has 0 unspecified atom stereocenters. The summed E-state index contributed by atoms with van der Waals surface area (Å²) in [5.74, 6) is -2.76. The van der Waals surface area contributed by atoms with Crippen molar-refractivity contribution in [1.82, 2.24) is 19.4 Å². The lowest BCUT2D eigenvalue weighted by molar-refractivity contribution is -0.192. The number of carbonyl (C=O) groups is 1. The van der Waals surface area contributed by atoms with Crippen LogP contribution in [0.25, 0.3) is 0 Å². The van der Waals surface area contributed by atoms with Crippen LogP contribution in [-0.2, 0) is 33.1 Å². The first kappa shape index (κ1) is 24.0. The Morgan fingerprint density at radius 2 is 2.06 bits per heavy atom. The molecule has 3 aliphatic rings. The van der Waals surface area contributed by atoms with Gasteiger partial charge in [-0.3, -0.25) is 9.58 Å². The average molecular weight is 468 g/mol. The van der Waals surface area contributed by atoms with E-state index in [1.54, 1.807) is 0 Å². The van der Waals surface area contributed by atoms with E-state index in [1.807, 2.05) is 24.1 Å². The maximum absolute atomic E-state index is 12.2. The van der Waals surface area contributed by atoms with Crippen molar-refractivity contribution < 1.29 is 36.2 Å². The van der Waals surface area contributed by atoms with Gasteiger partial charge >= 0.3 is 12.1 Å². The molecule has 1 spiro atoms. The zero-order chi connectivity index (χ0) is 22.9. The summed E-state index contributed by atoms with van der Waals surface area (Å²) in [4.78, 5) is 11.3. The molecule has 0 radical (unpaired) electrons. The number of alkyl halides is 3. The van der Waals surface area contributed by atoms with Crippen molar-refractivity contribution in [2.24, 2.45) is 7.05 Å². The van der Waals surface area contributed by atoms with Gasteiger partial charge in [0.05, 0.1) is 17.0 Å². The predicted octanol–water partition coefficient (Wildman–Crippen LogP) is 1.26. The van der Waals surface area contributed by atoms with Gasteiger partial charge in [0.1, 0.15) is 0 Å². The summed E-state index contributed by atoms with van der Waals surface area (Å²) in [5.41, 5.74) is 1.01. The predicted molar refractivity (Wildman–Crippen MR) is 104 cm³/mol. The number of halogens is 3. The van der Waals surface area contributed by atoms with Crippen molar-refractivity contribution in [3.63, 3.8) is 0 Å². The van der Waals surface area contributed by atoms with Gasteiger partial charge in [0.25, 0.3) is 0 Å². The van der Waals surface area contributed by atoms with Crippen molar-refractivity contribution in [2.45, 2.75) is 61.7 Å². The number of hydrogen-bond acceptors (Lipinski definition) is 6. The standard InChI is InChI=1S/C16H26N4O3S.C2HF3O2/c1-19-10-13(9-17-19)11-20-6-5-16(12-20)8-14(4-7-23-16)18-24(21,22)15-2-3-15;3-2(4,5)1(6)7/h9-10,14-15,18H,2-8,11-12H2,1H3;(H,6,7)/t14-,16+;/m0./s1. The van der Waals surface area contributed by atoms with Crippen LogP contribution in [0.15, 0.2) is 12.4 Å². The second kappa shape index (κ2) is 9.04. The number of hydrogen-bond donors (Lipinski definition) is 2. The number of carboxylic acid groups (broad SMARTS) is 1. The summed E-state index contributed by atoms with van der Waals surface area (Å²) in [6, 6.07) is 0.0164. The van der Waals surface area contributed by atoms with E-state index in [2.05, 4.69) is 14.7 Å². The molecular weight excluding hydrogens is 441 g/mol. The highest BCUT2D eigenvalue weighted by atomic mass is 32.2. The number of rotatable bonds is 5. The number of nitrogens with zero attached hydrogens (tertiary/aromatic N) is 3. The maximum atomic E-state index is 12.2. The van der Waals surface area contributed by atoms with E-state index in [1.165, 1.54) is 5.56 Å².